The maximum absolute atomic E-state index is 13.3. The molecule has 1 aromatic heterocycles. The maximum atomic E-state index is 13.3. The number of carbonyl (C=O) groups excluding carboxylic acids is 1. The fourth-order valence-electron chi connectivity index (χ4n) is 7.01. The SMILES string of the molecule is CC(C)c1cn(CC(=O)N2CC[C@]34CCN(CC5CC5)[C@H](Cc5ccc(O)cc53)[C@]4(O)CC2)nn1. The molecular formula is C27H37N5O3. The number of piperidine rings is 1. The molecule has 6 rings (SSSR count). The molecule has 8 nitrogen and oxygen atoms in total. The third-order valence-electron chi connectivity index (χ3n) is 9.23. The van der Waals surface area contributed by atoms with Crippen LogP contribution in [0.1, 0.15) is 68.7 Å². The van der Waals surface area contributed by atoms with E-state index in [0.29, 0.717) is 25.9 Å². The van der Waals surface area contributed by atoms with E-state index in [1.54, 1.807) is 10.7 Å². The number of aliphatic hydroxyl groups is 1. The van der Waals surface area contributed by atoms with Gasteiger partial charge in [-0.25, -0.2) is 4.68 Å². The fraction of sp³-hybridized carbons (Fsp3) is 0.667. The van der Waals surface area contributed by atoms with Gasteiger partial charge in [-0.15, -0.1) is 5.10 Å². The van der Waals surface area contributed by atoms with Crippen LogP contribution < -0.4 is 0 Å². The van der Waals surface area contributed by atoms with Crippen molar-refractivity contribution in [1.82, 2.24) is 24.8 Å². The van der Waals surface area contributed by atoms with E-state index in [1.807, 2.05) is 23.2 Å². The van der Waals surface area contributed by atoms with Crippen LogP contribution in [-0.4, -0.2) is 78.7 Å². The Labute approximate surface area is 206 Å². The van der Waals surface area contributed by atoms with Crippen molar-refractivity contribution in [1.29, 1.82) is 0 Å². The molecule has 2 aromatic rings. The quantitative estimate of drug-likeness (QED) is 0.684. The second kappa shape index (κ2) is 8.30. The Kier molecular flexibility index (Phi) is 5.45. The number of amides is 1. The fourth-order valence-corrected chi connectivity index (χ4v) is 7.01. The smallest absolute Gasteiger partial charge is 0.244 e. The Hall–Kier alpha value is -2.45. The minimum Gasteiger partial charge on any atom is -0.508 e. The lowest BCUT2D eigenvalue weighted by molar-refractivity contribution is -0.149. The number of phenols is 1. The first-order chi connectivity index (χ1) is 16.8. The second-order valence-corrected chi connectivity index (χ2v) is 11.6. The van der Waals surface area contributed by atoms with Crippen molar-refractivity contribution < 1.29 is 15.0 Å². The van der Waals surface area contributed by atoms with E-state index in [0.717, 1.165) is 43.1 Å². The van der Waals surface area contributed by atoms with Crippen LogP contribution >= 0.6 is 0 Å². The molecular weight excluding hydrogens is 442 g/mol. The summed E-state index contributed by atoms with van der Waals surface area (Å²) in [6.45, 7) is 7.44. The molecule has 3 atom stereocenters. The number of aromatic hydroxyl groups is 1. The highest BCUT2D eigenvalue weighted by molar-refractivity contribution is 5.76. The number of hydrogen-bond acceptors (Lipinski definition) is 6. The number of aromatic nitrogens is 3. The van der Waals surface area contributed by atoms with Crippen molar-refractivity contribution in [3.63, 3.8) is 0 Å². The molecule has 35 heavy (non-hydrogen) atoms. The maximum Gasteiger partial charge on any atom is 0.244 e. The van der Waals surface area contributed by atoms with Gasteiger partial charge in [0, 0.05) is 37.3 Å². The molecule has 2 bridgehead atoms. The average Bonchev–Trinajstić information content (AvgIpc) is 3.55. The Morgan fingerprint density at radius 1 is 1.17 bits per heavy atom. The lowest BCUT2D eigenvalue weighted by Gasteiger charge is -2.61. The number of carbonyl (C=O) groups is 1. The number of likely N-dealkylation sites (tertiary alicyclic amines) is 2. The second-order valence-electron chi connectivity index (χ2n) is 11.6. The molecule has 1 amide bonds. The minimum absolute atomic E-state index is 0.0179. The van der Waals surface area contributed by atoms with Crippen LogP contribution in [0.4, 0.5) is 0 Å². The highest BCUT2D eigenvalue weighted by Gasteiger charge is 2.63. The molecule has 3 heterocycles. The van der Waals surface area contributed by atoms with Crippen LogP contribution in [0, 0.1) is 5.92 Å². The van der Waals surface area contributed by atoms with Gasteiger partial charge in [-0.2, -0.15) is 0 Å². The van der Waals surface area contributed by atoms with Gasteiger partial charge in [0.05, 0.1) is 11.3 Å². The summed E-state index contributed by atoms with van der Waals surface area (Å²) >= 11 is 0. The van der Waals surface area contributed by atoms with Crippen LogP contribution in [0.5, 0.6) is 5.75 Å². The molecule has 2 saturated heterocycles. The van der Waals surface area contributed by atoms with Gasteiger partial charge in [0.15, 0.2) is 0 Å². The first-order valence-corrected chi connectivity index (χ1v) is 13.3. The number of hydrogen-bond donors (Lipinski definition) is 2. The third-order valence-corrected chi connectivity index (χ3v) is 9.23. The molecule has 4 aliphatic rings. The van der Waals surface area contributed by atoms with Gasteiger partial charge in [0.25, 0.3) is 0 Å². The van der Waals surface area contributed by atoms with E-state index in [9.17, 15) is 15.0 Å². The lowest BCUT2D eigenvalue weighted by atomic mass is 9.52. The summed E-state index contributed by atoms with van der Waals surface area (Å²) in [5.74, 6) is 1.30. The van der Waals surface area contributed by atoms with Crippen molar-refractivity contribution in [2.24, 2.45) is 5.92 Å². The number of fused-ring (bicyclic) bond motifs is 1. The van der Waals surface area contributed by atoms with Gasteiger partial charge in [0.2, 0.25) is 5.91 Å². The van der Waals surface area contributed by atoms with Gasteiger partial charge in [-0.05, 0) is 80.2 Å². The van der Waals surface area contributed by atoms with Crippen molar-refractivity contribution in [3.8, 4) is 5.75 Å². The minimum atomic E-state index is -0.923. The molecule has 188 valence electrons. The summed E-state index contributed by atoms with van der Waals surface area (Å²) in [4.78, 5) is 17.8. The van der Waals surface area contributed by atoms with Crippen molar-refractivity contribution >= 4 is 5.91 Å². The van der Waals surface area contributed by atoms with E-state index in [4.69, 9.17) is 0 Å². The Balaban J connectivity index is 1.30. The standard InChI is InChI=1S/C27H37N5O3/c1-18(2)23-16-32(29-28-23)17-25(34)30-10-7-26-8-11-31(15-19-3-4-19)24(27(26,35)9-12-30)13-20-5-6-21(33)14-22(20)26/h5-6,14,16,18-19,24,33,35H,3-4,7-13,15,17H2,1-2H3/t24-,26+,27-/m1/s1. The van der Waals surface area contributed by atoms with Crippen molar-refractivity contribution in [2.45, 2.75) is 81.9 Å². The summed E-state index contributed by atoms with van der Waals surface area (Å²) in [7, 11) is 0. The summed E-state index contributed by atoms with van der Waals surface area (Å²) in [5.41, 5.74) is 1.84. The predicted octanol–water partition coefficient (Wildman–Crippen LogP) is 2.44. The molecule has 0 spiro atoms. The first kappa shape index (κ1) is 23.0. The summed E-state index contributed by atoms with van der Waals surface area (Å²) < 4.78 is 1.63. The van der Waals surface area contributed by atoms with Gasteiger partial charge >= 0.3 is 0 Å². The topological polar surface area (TPSA) is 94.7 Å². The molecule has 3 fully saturated rings. The average molecular weight is 480 g/mol. The monoisotopic (exact) mass is 479 g/mol. The van der Waals surface area contributed by atoms with E-state index < -0.39 is 11.0 Å². The first-order valence-electron chi connectivity index (χ1n) is 13.3. The number of benzene rings is 1. The van der Waals surface area contributed by atoms with E-state index in [1.165, 1.54) is 18.4 Å². The molecule has 8 heteroatoms. The van der Waals surface area contributed by atoms with Gasteiger partial charge in [-0.1, -0.05) is 25.1 Å². The van der Waals surface area contributed by atoms with Crippen LogP contribution in [0.25, 0.3) is 0 Å². The molecule has 2 N–H and O–H groups in total. The largest absolute Gasteiger partial charge is 0.508 e. The van der Waals surface area contributed by atoms with Gasteiger partial charge in [0.1, 0.15) is 12.3 Å². The van der Waals surface area contributed by atoms with Crippen LogP contribution in [-0.2, 0) is 23.2 Å². The predicted molar refractivity (Wildman–Crippen MR) is 131 cm³/mol. The van der Waals surface area contributed by atoms with E-state index in [-0.39, 0.29) is 30.2 Å². The van der Waals surface area contributed by atoms with E-state index >= 15 is 0 Å². The van der Waals surface area contributed by atoms with Crippen LogP contribution in [0.15, 0.2) is 24.4 Å². The zero-order chi connectivity index (χ0) is 24.4. The van der Waals surface area contributed by atoms with Gasteiger partial charge < -0.3 is 15.1 Å². The summed E-state index contributed by atoms with van der Waals surface area (Å²) in [6, 6.07) is 5.75. The number of nitrogens with zero attached hydrogens (tertiary/aromatic N) is 5. The molecule has 1 saturated carbocycles. The van der Waals surface area contributed by atoms with Gasteiger partial charge in [-0.3, -0.25) is 9.69 Å². The van der Waals surface area contributed by atoms with Crippen molar-refractivity contribution in [3.05, 3.63) is 41.2 Å². The third kappa shape index (κ3) is 3.76. The van der Waals surface area contributed by atoms with E-state index in [2.05, 4.69) is 29.1 Å². The summed E-state index contributed by atoms with van der Waals surface area (Å²) in [6.07, 6.45) is 7.34. The normalized spacial score (nSPS) is 30.6. The van der Waals surface area contributed by atoms with Crippen LogP contribution in [0.3, 0.4) is 0 Å². The summed E-state index contributed by atoms with van der Waals surface area (Å²) in [5, 5.41) is 31.3. The molecule has 0 unspecified atom stereocenters. The Morgan fingerprint density at radius 3 is 2.69 bits per heavy atom. The zero-order valence-corrected chi connectivity index (χ0v) is 20.9. The molecule has 1 aromatic carbocycles. The molecule has 2 aliphatic heterocycles. The van der Waals surface area contributed by atoms with Crippen molar-refractivity contribution in [2.75, 3.05) is 26.2 Å². The highest BCUT2D eigenvalue weighted by Crippen LogP contribution is 2.56. The number of phenolic OH excluding ortho intramolecular Hbond substituents is 1. The molecule has 0 radical (unpaired) electrons. The highest BCUT2D eigenvalue weighted by atomic mass is 16.3. The van der Waals surface area contributed by atoms with Crippen LogP contribution in [0.2, 0.25) is 0 Å². The lowest BCUT2D eigenvalue weighted by Crippen LogP contribution is -2.71. The Bertz CT molecular complexity index is 1130. The Morgan fingerprint density at radius 2 is 1.94 bits per heavy atom. The molecule has 2 aliphatic carbocycles. The number of rotatable bonds is 5. The zero-order valence-electron chi connectivity index (χ0n) is 20.9.